The fraction of sp³-hybridized carbons (Fsp3) is 0.458. The normalized spacial score (nSPS) is 24.6. The molecule has 4 heterocycles. The first kappa shape index (κ1) is 21.2. The van der Waals surface area contributed by atoms with Gasteiger partial charge in [0.25, 0.3) is 0 Å². The Hall–Kier alpha value is -3.40. The number of hydrogen-bond acceptors (Lipinski definition) is 7. The van der Waals surface area contributed by atoms with Gasteiger partial charge in [0.2, 0.25) is 0 Å². The Morgan fingerprint density at radius 3 is 2.91 bits per heavy atom. The number of pyridine rings is 1. The maximum Gasteiger partial charge on any atom is 0.328 e. The first-order valence-electron chi connectivity index (χ1n) is 11.9. The van der Waals surface area contributed by atoms with Gasteiger partial charge in [-0.25, -0.2) is 23.7 Å². The number of halogens is 1. The maximum atomic E-state index is 14.2. The number of alkyl halides is 1. The molecule has 2 aromatic heterocycles. The quantitative estimate of drug-likeness (QED) is 0.530. The molecule has 1 amide bonds. The maximum absolute atomic E-state index is 14.2. The van der Waals surface area contributed by atoms with E-state index >= 15 is 0 Å². The lowest BCUT2D eigenvalue weighted by molar-refractivity contribution is -0.0323. The van der Waals surface area contributed by atoms with Gasteiger partial charge in [-0.2, -0.15) is 0 Å². The van der Waals surface area contributed by atoms with Crippen molar-refractivity contribution in [1.29, 1.82) is 0 Å². The van der Waals surface area contributed by atoms with E-state index in [4.69, 9.17) is 9.72 Å². The molecule has 3 aliphatic rings. The number of hydrogen-bond donors (Lipinski definition) is 3. The molecule has 4 bridgehead atoms. The third-order valence-electron chi connectivity index (χ3n) is 6.96. The molecule has 1 saturated heterocycles. The molecule has 1 saturated carbocycles. The van der Waals surface area contributed by atoms with Crippen molar-refractivity contribution in [2.45, 2.75) is 50.6 Å². The summed E-state index contributed by atoms with van der Waals surface area (Å²) >= 11 is 0. The van der Waals surface area contributed by atoms with Gasteiger partial charge in [-0.05, 0) is 49.4 Å². The summed E-state index contributed by atoms with van der Waals surface area (Å²) in [6.07, 6.45) is 3.84. The van der Waals surface area contributed by atoms with E-state index in [1.807, 2.05) is 25.2 Å². The highest BCUT2D eigenvalue weighted by molar-refractivity contribution is 5.94. The zero-order chi connectivity index (χ0) is 23.2. The summed E-state index contributed by atoms with van der Waals surface area (Å²) in [5, 5.41) is 9.60. The summed E-state index contributed by atoms with van der Waals surface area (Å²) in [6.45, 7) is 1.64. The molecule has 6 rings (SSSR count). The van der Waals surface area contributed by atoms with Crippen molar-refractivity contribution < 1.29 is 13.9 Å². The van der Waals surface area contributed by atoms with Crippen LogP contribution in [0.2, 0.25) is 0 Å². The molecule has 2 fully saturated rings. The van der Waals surface area contributed by atoms with Crippen molar-refractivity contribution in [2.24, 2.45) is 0 Å². The highest BCUT2D eigenvalue weighted by Crippen LogP contribution is 2.32. The molecule has 1 aromatic carbocycles. The van der Waals surface area contributed by atoms with Gasteiger partial charge in [0.05, 0.1) is 24.4 Å². The Balaban J connectivity index is 1.44. The van der Waals surface area contributed by atoms with Crippen molar-refractivity contribution >= 4 is 40.1 Å². The van der Waals surface area contributed by atoms with Gasteiger partial charge >= 0.3 is 6.03 Å². The second-order valence-electron chi connectivity index (χ2n) is 9.27. The molecule has 1 aliphatic carbocycles. The van der Waals surface area contributed by atoms with E-state index in [-0.39, 0.29) is 18.2 Å². The standard InChI is InChI=1S/C24H28FN7O2/c1-26-19-10-21-28-16-7-14(8-17(9-16)31-6-2-3-15(25)11-31)12-34-20-5-4-18(20)29-24(33)32-13-27-22(19)23(32)30-21/h7-10,13,15,18,20H,2-6,11-12H2,1H3,(H,29,33)(H2,26,28,30)/t15?,18-,20-/m1/s1. The van der Waals surface area contributed by atoms with Gasteiger partial charge in [0.15, 0.2) is 5.65 Å². The minimum Gasteiger partial charge on any atom is -0.386 e. The van der Waals surface area contributed by atoms with Gasteiger partial charge in [0, 0.05) is 37.6 Å². The minimum atomic E-state index is -0.815. The smallest absolute Gasteiger partial charge is 0.328 e. The third-order valence-corrected chi connectivity index (χ3v) is 6.96. The molecule has 1 unspecified atom stereocenters. The lowest BCUT2D eigenvalue weighted by atomic mass is 9.89. The fourth-order valence-electron chi connectivity index (χ4n) is 4.98. The Morgan fingerprint density at radius 2 is 2.12 bits per heavy atom. The molecule has 3 atom stereocenters. The lowest BCUT2D eigenvalue weighted by Crippen LogP contribution is -2.52. The van der Waals surface area contributed by atoms with Crippen LogP contribution < -0.4 is 20.9 Å². The Morgan fingerprint density at radius 1 is 1.21 bits per heavy atom. The Kier molecular flexibility index (Phi) is 5.24. The number of nitrogens with zero attached hydrogens (tertiary/aromatic N) is 4. The summed E-state index contributed by atoms with van der Waals surface area (Å²) in [5.74, 6) is 0.580. The number of benzene rings is 1. The fourth-order valence-corrected chi connectivity index (χ4v) is 4.98. The number of aromatic nitrogens is 3. The van der Waals surface area contributed by atoms with Crippen molar-refractivity contribution in [1.82, 2.24) is 19.9 Å². The average Bonchev–Trinajstić information content (AvgIpc) is 3.25. The number of carbonyl (C=O) groups excluding carboxylic acids is 1. The zero-order valence-corrected chi connectivity index (χ0v) is 19.1. The van der Waals surface area contributed by atoms with Crippen LogP contribution in [0.1, 0.15) is 31.2 Å². The topological polar surface area (TPSA) is 96.3 Å². The first-order valence-corrected chi connectivity index (χ1v) is 11.9. The van der Waals surface area contributed by atoms with Crippen LogP contribution >= 0.6 is 0 Å². The van der Waals surface area contributed by atoms with Crippen LogP contribution in [0, 0.1) is 0 Å². The minimum absolute atomic E-state index is 0.0525. The third kappa shape index (κ3) is 3.81. The molecular formula is C24H28FN7O2. The zero-order valence-electron chi connectivity index (χ0n) is 19.1. The van der Waals surface area contributed by atoms with E-state index in [0.717, 1.165) is 48.4 Å². The highest BCUT2D eigenvalue weighted by atomic mass is 19.1. The monoisotopic (exact) mass is 465 g/mol. The number of nitrogens with one attached hydrogen (secondary N) is 3. The molecule has 9 nitrogen and oxygen atoms in total. The summed E-state index contributed by atoms with van der Waals surface area (Å²) in [7, 11) is 1.81. The molecule has 178 valence electrons. The largest absolute Gasteiger partial charge is 0.386 e. The number of amides is 1. The van der Waals surface area contributed by atoms with Gasteiger partial charge in [-0.1, -0.05) is 0 Å². The van der Waals surface area contributed by atoms with Crippen LogP contribution in [0.5, 0.6) is 0 Å². The van der Waals surface area contributed by atoms with Crippen LogP contribution in [-0.4, -0.2) is 59.0 Å². The van der Waals surface area contributed by atoms with E-state index in [2.05, 4.69) is 31.9 Å². The van der Waals surface area contributed by atoms with Gasteiger partial charge in [-0.3, -0.25) is 0 Å². The molecule has 3 N–H and O–H groups in total. The van der Waals surface area contributed by atoms with E-state index in [1.54, 1.807) is 0 Å². The lowest BCUT2D eigenvalue weighted by Gasteiger charge is -2.37. The van der Waals surface area contributed by atoms with Crippen LogP contribution in [-0.2, 0) is 11.3 Å². The van der Waals surface area contributed by atoms with Gasteiger partial charge in [-0.15, -0.1) is 0 Å². The molecular weight excluding hydrogens is 437 g/mol. The number of ether oxygens (including phenoxy) is 1. The second kappa shape index (κ2) is 8.43. The average molecular weight is 466 g/mol. The number of rotatable bonds is 2. The number of imidazole rings is 1. The summed E-state index contributed by atoms with van der Waals surface area (Å²) < 4.78 is 21.8. The molecule has 2 aliphatic heterocycles. The molecule has 34 heavy (non-hydrogen) atoms. The SMILES string of the molecule is CNc1cc2nc3c1ncn3C(=O)N[C@@H]1CC[C@H]1OCc1cc(cc(N3CCCC(F)C3)c1)N2. The van der Waals surface area contributed by atoms with E-state index < -0.39 is 6.17 Å². The van der Waals surface area contributed by atoms with Crippen LogP contribution in [0.25, 0.3) is 11.2 Å². The van der Waals surface area contributed by atoms with E-state index in [0.29, 0.717) is 36.6 Å². The Bertz CT molecular complexity index is 1250. The van der Waals surface area contributed by atoms with Crippen molar-refractivity contribution in [2.75, 3.05) is 35.7 Å². The second-order valence-corrected chi connectivity index (χ2v) is 9.27. The van der Waals surface area contributed by atoms with Crippen LogP contribution in [0.15, 0.2) is 30.6 Å². The van der Waals surface area contributed by atoms with Gasteiger partial charge in [0.1, 0.15) is 23.8 Å². The van der Waals surface area contributed by atoms with E-state index in [9.17, 15) is 9.18 Å². The molecule has 0 radical (unpaired) electrons. The van der Waals surface area contributed by atoms with Crippen molar-refractivity contribution in [3.05, 3.63) is 36.2 Å². The van der Waals surface area contributed by atoms with Crippen molar-refractivity contribution in [3.8, 4) is 0 Å². The summed E-state index contributed by atoms with van der Waals surface area (Å²) in [6, 6.07) is 7.68. The number of carbonyl (C=O) groups is 1. The van der Waals surface area contributed by atoms with Crippen molar-refractivity contribution in [3.63, 3.8) is 0 Å². The predicted octanol–water partition coefficient (Wildman–Crippen LogP) is 3.77. The molecule has 0 spiro atoms. The number of fused-ring (bicyclic) bond motifs is 4. The van der Waals surface area contributed by atoms with Gasteiger partial charge < -0.3 is 25.6 Å². The van der Waals surface area contributed by atoms with Crippen LogP contribution in [0.4, 0.5) is 32.1 Å². The highest BCUT2D eigenvalue weighted by Gasteiger charge is 2.34. The van der Waals surface area contributed by atoms with E-state index in [1.165, 1.54) is 10.9 Å². The van der Waals surface area contributed by atoms with Crippen LogP contribution in [0.3, 0.4) is 0 Å². The molecule has 3 aromatic rings. The predicted molar refractivity (Wildman–Crippen MR) is 129 cm³/mol. The first-order chi connectivity index (χ1) is 16.6. The number of piperidine rings is 1. The summed E-state index contributed by atoms with van der Waals surface area (Å²) in [5.41, 5.74) is 4.65. The number of anilines is 4. The molecule has 10 heteroatoms. The Labute approximate surface area is 196 Å². The summed E-state index contributed by atoms with van der Waals surface area (Å²) in [4.78, 5) is 24.2.